The van der Waals surface area contributed by atoms with Gasteiger partial charge in [0, 0.05) is 34.0 Å². The molecule has 44 heavy (non-hydrogen) atoms. The third kappa shape index (κ3) is 3.94. The van der Waals surface area contributed by atoms with E-state index in [2.05, 4.69) is 155 Å². The zero-order valence-corrected chi connectivity index (χ0v) is 23.8. The lowest BCUT2D eigenvalue weighted by Crippen LogP contribution is -2.10. The summed E-state index contributed by atoms with van der Waals surface area (Å²) in [5.74, 6) is 0. The van der Waals surface area contributed by atoms with Crippen molar-refractivity contribution in [2.24, 2.45) is 0 Å². The molecule has 0 aliphatic carbocycles. The quantitative estimate of drug-likeness (QED) is 0.200. The van der Waals surface area contributed by atoms with E-state index in [1.807, 2.05) is 6.07 Å². The number of nitrogens with zero attached hydrogens (tertiary/aromatic N) is 2. The lowest BCUT2D eigenvalue weighted by molar-refractivity contribution is 0.654. The maximum absolute atomic E-state index is 6.08. The van der Waals surface area contributed by atoms with Crippen LogP contribution in [0.1, 0.15) is 0 Å². The topological polar surface area (TPSA) is 29.3 Å². The summed E-state index contributed by atoms with van der Waals surface area (Å²) in [5.41, 5.74) is 7.23. The second kappa shape index (κ2) is 9.82. The van der Waals surface area contributed by atoms with Crippen LogP contribution in [-0.4, -0.2) is 4.98 Å². The summed E-state index contributed by atoms with van der Waals surface area (Å²) in [6.07, 6.45) is 1.78. The second-order valence-corrected chi connectivity index (χ2v) is 11.2. The average Bonchev–Trinajstić information content (AvgIpc) is 3.48. The summed E-state index contributed by atoms with van der Waals surface area (Å²) in [4.78, 5) is 6.81. The molecule has 0 bridgehead atoms. The van der Waals surface area contributed by atoms with Crippen LogP contribution in [0.15, 0.2) is 162 Å². The molecule has 0 saturated carbocycles. The number of hydrogen-bond acceptors (Lipinski definition) is 3. The van der Waals surface area contributed by atoms with Crippen molar-refractivity contribution >= 4 is 71.4 Å². The van der Waals surface area contributed by atoms with Gasteiger partial charge in [-0.1, -0.05) is 97.1 Å². The molecule has 0 N–H and O–H groups in total. The summed E-state index contributed by atoms with van der Waals surface area (Å²) in [6.45, 7) is 0. The summed E-state index contributed by atoms with van der Waals surface area (Å²) >= 11 is 0. The maximum atomic E-state index is 6.08. The first-order chi connectivity index (χ1) is 21.8. The minimum Gasteiger partial charge on any atom is -0.438 e. The molecule has 0 atom stereocenters. The normalized spacial score (nSPS) is 11.6. The van der Waals surface area contributed by atoms with Gasteiger partial charge in [-0.15, -0.1) is 0 Å². The molecule has 206 valence electrons. The molecule has 0 aliphatic rings. The van der Waals surface area contributed by atoms with Crippen LogP contribution >= 0.6 is 0 Å². The number of benzene rings is 7. The first kappa shape index (κ1) is 24.6. The Morgan fingerprint density at radius 2 is 1.09 bits per heavy atom. The number of fused-ring (bicyclic) bond motifs is 8. The van der Waals surface area contributed by atoms with E-state index >= 15 is 0 Å². The van der Waals surface area contributed by atoms with Crippen LogP contribution in [0.25, 0.3) is 65.5 Å². The molecule has 9 aromatic rings. The number of aromatic nitrogens is 1. The molecule has 7 aromatic carbocycles. The van der Waals surface area contributed by atoms with Crippen LogP contribution < -0.4 is 4.90 Å². The van der Waals surface area contributed by atoms with Crippen molar-refractivity contribution in [3.05, 3.63) is 158 Å². The molecular formula is C41H26N2O. The Kier molecular flexibility index (Phi) is 5.50. The summed E-state index contributed by atoms with van der Waals surface area (Å²) < 4.78 is 6.08. The molecule has 2 heterocycles. The average molecular weight is 563 g/mol. The molecular weight excluding hydrogens is 536 g/mol. The first-order valence-electron chi connectivity index (χ1n) is 14.9. The van der Waals surface area contributed by atoms with E-state index in [0.717, 1.165) is 44.2 Å². The Morgan fingerprint density at radius 3 is 1.98 bits per heavy atom. The molecule has 3 heteroatoms. The summed E-state index contributed by atoms with van der Waals surface area (Å²) in [7, 11) is 0. The van der Waals surface area contributed by atoms with Gasteiger partial charge in [-0.3, -0.25) is 0 Å². The first-order valence-corrected chi connectivity index (χ1v) is 14.9. The maximum Gasteiger partial charge on any atom is 0.227 e. The fourth-order valence-electron chi connectivity index (χ4n) is 6.58. The number of hydrogen-bond donors (Lipinski definition) is 0. The lowest BCUT2D eigenvalue weighted by Gasteiger charge is -2.26. The van der Waals surface area contributed by atoms with Crippen molar-refractivity contribution in [3.8, 4) is 11.1 Å². The Morgan fingerprint density at radius 1 is 0.432 bits per heavy atom. The Labute approximate surface area is 254 Å². The van der Waals surface area contributed by atoms with Gasteiger partial charge in [-0.25, -0.2) is 4.98 Å². The van der Waals surface area contributed by atoms with Gasteiger partial charge >= 0.3 is 0 Å². The SMILES string of the molecule is c1ccc(-c2ccc(N(c3ccc4c(ccc5oc6ncccc6c54)c3)c3ccc4ccc5ccccc5c4c3)cc2)cc1. The molecule has 0 radical (unpaired) electrons. The monoisotopic (exact) mass is 562 g/mol. The van der Waals surface area contributed by atoms with Gasteiger partial charge in [0.15, 0.2) is 0 Å². The standard InChI is InChI=1S/C41H26N2O/c1-2-7-27(8-3-1)28-14-18-32(19-15-28)43(34-20-16-30-13-12-29-9-4-5-10-35(29)38(30)26-34)33-21-22-36-31(25-33)17-23-39-40(36)37-11-6-24-42-41(37)44-39/h1-26H. The van der Waals surface area contributed by atoms with Gasteiger partial charge in [0.1, 0.15) is 5.58 Å². The van der Waals surface area contributed by atoms with Crippen molar-refractivity contribution in [1.29, 1.82) is 0 Å². The zero-order chi connectivity index (χ0) is 29.0. The number of rotatable bonds is 4. The molecule has 0 saturated heterocycles. The van der Waals surface area contributed by atoms with Gasteiger partial charge < -0.3 is 9.32 Å². The van der Waals surface area contributed by atoms with Crippen LogP contribution in [-0.2, 0) is 0 Å². The largest absolute Gasteiger partial charge is 0.438 e. The molecule has 0 unspecified atom stereocenters. The molecule has 2 aromatic heterocycles. The molecule has 9 rings (SSSR count). The van der Waals surface area contributed by atoms with Crippen LogP contribution in [0.5, 0.6) is 0 Å². The highest BCUT2D eigenvalue weighted by atomic mass is 16.3. The van der Waals surface area contributed by atoms with Gasteiger partial charge in [0.2, 0.25) is 5.71 Å². The van der Waals surface area contributed by atoms with E-state index in [-0.39, 0.29) is 0 Å². The van der Waals surface area contributed by atoms with Crippen LogP contribution in [0.2, 0.25) is 0 Å². The van der Waals surface area contributed by atoms with Crippen molar-refractivity contribution in [1.82, 2.24) is 4.98 Å². The lowest BCUT2D eigenvalue weighted by atomic mass is 10.00. The number of anilines is 3. The van der Waals surface area contributed by atoms with Crippen molar-refractivity contribution in [2.75, 3.05) is 4.90 Å². The van der Waals surface area contributed by atoms with Crippen molar-refractivity contribution in [3.63, 3.8) is 0 Å². The van der Waals surface area contributed by atoms with E-state index < -0.39 is 0 Å². The second-order valence-electron chi connectivity index (χ2n) is 11.2. The highest BCUT2D eigenvalue weighted by Gasteiger charge is 2.17. The highest BCUT2D eigenvalue weighted by molar-refractivity contribution is 6.18. The van der Waals surface area contributed by atoms with Crippen LogP contribution in [0.3, 0.4) is 0 Å². The molecule has 0 aliphatic heterocycles. The molecule has 0 fully saturated rings. The van der Waals surface area contributed by atoms with Gasteiger partial charge in [0.25, 0.3) is 0 Å². The summed E-state index contributed by atoms with van der Waals surface area (Å²) in [5, 5.41) is 9.42. The van der Waals surface area contributed by atoms with Gasteiger partial charge in [-0.05, 0) is 98.0 Å². The van der Waals surface area contributed by atoms with E-state index in [4.69, 9.17) is 4.42 Å². The zero-order valence-electron chi connectivity index (χ0n) is 23.8. The van der Waals surface area contributed by atoms with Gasteiger partial charge in [0.05, 0.1) is 0 Å². The predicted octanol–water partition coefficient (Wildman–Crippen LogP) is 11.6. The minimum absolute atomic E-state index is 0.669. The number of pyridine rings is 1. The van der Waals surface area contributed by atoms with Gasteiger partial charge in [-0.2, -0.15) is 0 Å². The fraction of sp³-hybridized carbons (Fsp3) is 0. The number of furan rings is 1. The van der Waals surface area contributed by atoms with E-state index in [1.54, 1.807) is 6.20 Å². The third-order valence-corrected chi connectivity index (χ3v) is 8.69. The molecule has 3 nitrogen and oxygen atoms in total. The van der Waals surface area contributed by atoms with Crippen LogP contribution in [0.4, 0.5) is 17.1 Å². The fourth-order valence-corrected chi connectivity index (χ4v) is 6.58. The van der Waals surface area contributed by atoms with E-state index in [9.17, 15) is 0 Å². The van der Waals surface area contributed by atoms with E-state index in [0.29, 0.717) is 5.71 Å². The predicted molar refractivity (Wildman–Crippen MR) is 184 cm³/mol. The molecule has 0 spiro atoms. The minimum atomic E-state index is 0.669. The van der Waals surface area contributed by atoms with Crippen molar-refractivity contribution in [2.45, 2.75) is 0 Å². The third-order valence-electron chi connectivity index (χ3n) is 8.69. The Bertz CT molecular complexity index is 2490. The van der Waals surface area contributed by atoms with Crippen molar-refractivity contribution < 1.29 is 4.42 Å². The Hall–Kier alpha value is -5.93. The van der Waals surface area contributed by atoms with E-state index in [1.165, 1.54) is 32.7 Å². The van der Waals surface area contributed by atoms with Crippen LogP contribution in [0, 0.1) is 0 Å². The highest BCUT2D eigenvalue weighted by Crippen LogP contribution is 2.41. The Balaban J connectivity index is 1.25. The smallest absolute Gasteiger partial charge is 0.227 e. The summed E-state index contributed by atoms with van der Waals surface area (Å²) in [6, 6.07) is 54.2. The molecule has 0 amide bonds.